The first kappa shape index (κ1) is 19.7. The van der Waals surface area contributed by atoms with Crippen molar-refractivity contribution in [2.45, 2.75) is 40.0 Å². The first-order valence-electron chi connectivity index (χ1n) is 9.17. The Morgan fingerprint density at radius 3 is 2.59 bits per heavy atom. The number of benzene rings is 1. The summed E-state index contributed by atoms with van der Waals surface area (Å²) in [6, 6.07) is 12.0. The zero-order chi connectivity index (χ0) is 19.2. The van der Waals surface area contributed by atoms with Gasteiger partial charge in [-0.2, -0.15) is 0 Å². The molecule has 0 bridgehead atoms. The van der Waals surface area contributed by atoms with E-state index in [0.717, 1.165) is 18.1 Å². The number of hydrogen-bond acceptors (Lipinski definition) is 5. The van der Waals surface area contributed by atoms with Crippen LogP contribution in [0.25, 0.3) is 0 Å². The zero-order valence-corrected chi connectivity index (χ0v) is 17.0. The number of rotatable bonds is 9. The molecule has 0 radical (unpaired) electrons. The van der Waals surface area contributed by atoms with E-state index in [-0.39, 0.29) is 6.61 Å². The van der Waals surface area contributed by atoms with Gasteiger partial charge in [0.15, 0.2) is 0 Å². The molecule has 144 valence electrons. The lowest BCUT2D eigenvalue weighted by Gasteiger charge is -2.24. The van der Waals surface area contributed by atoms with Gasteiger partial charge in [0.05, 0.1) is 12.8 Å². The molecule has 0 aliphatic heterocycles. The maximum atomic E-state index is 10.5. The Morgan fingerprint density at radius 1 is 1.07 bits per heavy atom. The fourth-order valence-corrected chi connectivity index (χ4v) is 3.87. The molecule has 3 rings (SSSR count). The Bertz CT molecular complexity index is 841. The largest absolute Gasteiger partial charge is 0.491 e. The zero-order valence-electron chi connectivity index (χ0n) is 16.1. The molecular formula is C22H27NO3S. The number of aliphatic hydroxyl groups excluding tert-OH is 1. The maximum Gasteiger partial charge on any atom is 0.119 e. The number of ether oxygens (including phenoxy) is 1. The molecular weight excluding hydrogens is 358 g/mol. The van der Waals surface area contributed by atoms with E-state index in [1.54, 1.807) is 17.6 Å². The van der Waals surface area contributed by atoms with E-state index in [2.05, 4.69) is 37.1 Å². The van der Waals surface area contributed by atoms with Crippen molar-refractivity contribution in [2.24, 2.45) is 0 Å². The molecule has 27 heavy (non-hydrogen) atoms. The summed E-state index contributed by atoms with van der Waals surface area (Å²) in [6.45, 7) is 8.48. The number of thiophene rings is 1. The van der Waals surface area contributed by atoms with Gasteiger partial charge in [0.2, 0.25) is 0 Å². The predicted octanol–water partition coefficient (Wildman–Crippen LogP) is 4.71. The molecule has 4 nitrogen and oxygen atoms in total. The fourth-order valence-electron chi connectivity index (χ4n) is 2.92. The Hall–Kier alpha value is -2.08. The quantitative estimate of drug-likeness (QED) is 0.579. The molecule has 0 saturated heterocycles. The van der Waals surface area contributed by atoms with E-state index in [9.17, 15) is 5.11 Å². The van der Waals surface area contributed by atoms with E-state index in [1.165, 1.54) is 21.6 Å². The van der Waals surface area contributed by atoms with E-state index < -0.39 is 6.10 Å². The van der Waals surface area contributed by atoms with Gasteiger partial charge in [-0.1, -0.05) is 6.07 Å². The number of aliphatic hydroxyl groups is 1. The molecule has 0 aliphatic rings. The predicted molar refractivity (Wildman–Crippen MR) is 109 cm³/mol. The van der Waals surface area contributed by atoms with Gasteiger partial charge in [-0.05, 0) is 73.2 Å². The molecule has 1 unspecified atom stereocenters. The molecule has 3 aromatic rings. The second-order valence-corrected chi connectivity index (χ2v) is 7.99. The minimum Gasteiger partial charge on any atom is -0.491 e. The molecule has 0 fully saturated rings. The third-order valence-corrected chi connectivity index (χ3v) is 5.69. The summed E-state index contributed by atoms with van der Waals surface area (Å²) in [5.41, 5.74) is 3.71. The molecule has 1 aromatic carbocycles. The Labute approximate surface area is 165 Å². The molecule has 0 saturated carbocycles. The molecule has 0 spiro atoms. The van der Waals surface area contributed by atoms with Crippen molar-refractivity contribution in [3.63, 3.8) is 0 Å². The summed E-state index contributed by atoms with van der Waals surface area (Å²) in [4.78, 5) is 3.51. The van der Waals surface area contributed by atoms with Crippen LogP contribution in [0.1, 0.15) is 27.3 Å². The SMILES string of the molecule is Cc1ccc(OCC(O)CN(Cc2ccco2)Cc2sccc2C)cc1C. The summed E-state index contributed by atoms with van der Waals surface area (Å²) in [5, 5.41) is 12.6. The third kappa shape index (κ3) is 5.70. The van der Waals surface area contributed by atoms with Gasteiger partial charge in [-0.15, -0.1) is 11.3 Å². The van der Waals surface area contributed by atoms with Crippen molar-refractivity contribution in [3.8, 4) is 5.75 Å². The first-order chi connectivity index (χ1) is 13.0. The highest BCUT2D eigenvalue weighted by Crippen LogP contribution is 2.20. The Balaban J connectivity index is 1.59. The second-order valence-electron chi connectivity index (χ2n) is 6.99. The van der Waals surface area contributed by atoms with Crippen molar-refractivity contribution in [3.05, 3.63) is 75.4 Å². The average Bonchev–Trinajstić information content (AvgIpc) is 3.28. The Morgan fingerprint density at radius 2 is 1.93 bits per heavy atom. The highest BCUT2D eigenvalue weighted by molar-refractivity contribution is 7.10. The van der Waals surface area contributed by atoms with Gasteiger partial charge in [-0.25, -0.2) is 0 Å². The van der Waals surface area contributed by atoms with Crippen molar-refractivity contribution in [1.29, 1.82) is 0 Å². The van der Waals surface area contributed by atoms with Crippen LogP contribution in [0.2, 0.25) is 0 Å². The molecule has 0 amide bonds. The number of nitrogens with zero attached hydrogens (tertiary/aromatic N) is 1. The minimum absolute atomic E-state index is 0.264. The van der Waals surface area contributed by atoms with Crippen molar-refractivity contribution in [1.82, 2.24) is 4.90 Å². The lowest BCUT2D eigenvalue weighted by Crippen LogP contribution is -2.35. The Kier molecular flexibility index (Phi) is 6.72. The average molecular weight is 386 g/mol. The second kappa shape index (κ2) is 9.22. The van der Waals surface area contributed by atoms with Gasteiger partial charge in [0.1, 0.15) is 24.2 Å². The van der Waals surface area contributed by atoms with Crippen LogP contribution in [0.4, 0.5) is 0 Å². The standard InChI is InChI=1S/C22H27NO3S/c1-16-6-7-20(11-18(16)3)26-15-19(24)12-23(13-21-5-4-9-25-21)14-22-17(2)8-10-27-22/h4-11,19,24H,12-15H2,1-3H3. The summed E-state index contributed by atoms with van der Waals surface area (Å²) in [7, 11) is 0. The van der Waals surface area contributed by atoms with Crippen LogP contribution >= 0.6 is 11.3 Å². The maximum absolute atomic E-state index is 10.5. The van der Waals surface area contributed by atoms with Crippen molar-refractivity contribution < 1.29 is 14.3 Å². The molecule has 2 heterocycles. The normalized spacial score (nSPS) is 12.5. The van der Waals surface area contributed by atoms with Gasteiger partial charge >= 0.3 is 0 Å². The first-order valence-corrected chi connectivity index (χ1v) is 10.0. The summed E-state index contributed by atoms with van der Waals surface area (Å²) in [6.07, 6.45) is 1.10. The third-order valence-electron chi connectivity index (χ3n) is 4.68. The topological polar surface area (TPSA) is 45.8 Å². The smallest absolute Gasteiger partial charge is 0.119 e. The van der Waals surface area contributed by atoms with E-state index in [4.69, 9.17) is 9.15 Å². The van der Waals surface area contributed by atoms with E-state index in [1.807, 2.05) is 30.3 Å². The molecule has 5 heteroatoms. The monoisotopic (exact) mass is 385 g/mol. The minimum atomic E-state index is -0.582. The van der Waals surface area contributed by atoms with Crippen LogP contribution in [-0.4, -0.2) is 29.3 Å². The lowest BCUT2D eigenvalue weighted by molar-refractivity contribution is 0.0607. The van der Waals surface area contributed by atoms with Crippen LogP contribution in [0.5, 0.6) is 5.75 Å². The van der Waals surface area contributed by atoms with Crippen LogP contribution in [0.15, 0.2) is 52.5 Å². The molecule has 1 N–H and O–H groups in total. The van der Waals surface area contributed by atoms with Crippen LogP contribution in [0.3, 0.4) is 0 Å². The highest BCUT2D eigenvalue weighted by atomic mass is 32.1. The molecule has 1 atom stereocenters. The number of furan rings is 1. The van der Waals surface area contributed by atoms with Crippen molar-refractivity contribution >= 4 is 11.3 Å². The van der Waals surface area contributed by atoms with Gasteiger partial charge in [0.25, 0.3) is 0 Å². The number of hydrogen-bond donors (Lipinski definition) is 1. The molecule has 0 aliphatic carbocycles. The van der Waals surface area contributed by atoms with Crippen LogP contribution in [0, 0.1) is 20.8 Å². The van der Waals surface area contributed by atoms with Gasteiger partial charge in [0, 0.05) is 18.0 Å². The van der Waals surface area contributed by atoms with Crippen LogP contribution < -0.4 is 4.74 Å². The van der Waals surface area contributed by atoms with Gasteiger partial charge in [-0.3, -0.25) is 4.90 Å². The fraction of sp³-hybridized carbons (Fsp3) is 0.364. The summed E-state index contributed by atoms with van der Waals surface area (Å²) >= 11 is 1.75. The highest BCUT2D eigenvalue weighted by Gasteiger charge is 2.16. The summed E-state index contributed by atoms with van der Waals surface area (Å²) < 4.78 is 11.3. The number of aryl methyl sites for hydroxylation is 3. The van der Waals surface area contributed by atoms with Crippen molar-refractivity contribution in [2.75, 3.05) is 13.2 Å². The summed E-state index contributed by atoms with van der Waals surface area (Å²) in [5.74, 6) is 1.69. The van der Waals surface area contributed by atoms with E-state index >= 15 is 0 Å². The van der Waals surface area contributed by atoms with Gasteiger partial charge < -0.3 is 14.3 Å². The molecule has 2 aromatic heterocycles. The van der Waals surface area contributed by atoms with E-state index in [0.29, 0.717) is 13.1 Å². The lowest BCUT2D eigenvalue weighted by atomic mass is 10.1. The van der Waals surface area contributed by atoms with Crippen LogP contribution in [-0.2, 0) is 13.1 Å².